The Balaban J connectivity index is 1.66. The zero-order valence-corrected chi connectivity index (χ0v) is 11.9. The van der Waals surface area contributed by atoms with Gasteiger partial charge in [-0.25, -0.2) is 4.98 Å². The molecule has 0 N–H and O–H groups in total. The number of hydrogen-bond acceptors (Lipinski definition) is 6. The van der Waals surface area contributed by atoms with E-state index in [1.54, 1.807) is 11.3 Å². The van der Waals surface area contributed by atoms with Crippen LogP contribution in [0.2, 0.25) is 0 Å². The summed E-state index contributed by atoms with van der Waals surface area (Å²) in [7, 11) is 0. The second-order valence-corrected chi connectivity index (χ2v) is 5.83. The Labute approximate surface area is 119 Å². The molecular formula is C13H14N4O2S. The van der Waals surface area contributed by atoms with Gasteiger partial charge in [0.1, 0.15) is 5.69 Å². The van der Waals surface area contributed by atoms with Crippen LogP contribution in [0.1, 0.15) is 24.4 Å². The predicted octanol–water partition coefficient (Wildman–Crippen LogP) is 2.48. The zero-order chi connectivity index (χ0) is 13.5. The van der Waals surface area contributed by atoms with E-state index in [2.05, 4.69) is 15.1 Å². The van der Waals surface area contributed by atoms with E-state index in [9.17, 15) is 0 Å². The first-order chi connectivity index (χ1) is 9.81. The Hall–Kier alpha value is -1.73. The second-order valence-electron chi connectivity index (χ2n) is 4.96. The summed E-state index contributed by atoms with van der Waals surface area (Å²) in [6.07, 6.45) is 5.11. The number of thiazole rings is 1. The molecule has 0 spiro atoms. The minimum atomic E-state index is 0.230. The number of aromatic nitrogens is 4. The Morgan fingerprint density at radius 3 is 3.25 bits per heavy atom. The Bertz CT molecular complexity index is 739. The van der Waals surface area contributed by atoms with Crippen LogP contribution in [0, 0.1) is 6.92 Å². The molecule has 6 nitrogen and oxygen atoms in total. The van der Waals surface area contributed by atoms with Crippen LogP contribution in [-0.4, -0.2) is 32.2 Å². The highest BCUT2D eigenvalue weighted by Crippen LogP contribution is 2.26. The van der Waals surface area contributed by atoms with E-state index >= 15 is 0 Å². The highest BCUT2D eigenvalue weighted by atomic mass is 32.1. The minimum absolute atomic E-state index is 0.230. The molecular weight excluding hydrogens is 276 g/mol. The molecule has 3 aromatic rings. The average molecular weight is 290 g/mol. The van der Waals surface area contributed by atoms with Crippen molar-refractivity contribution in [3.63, 3.8) is 0 Å². The smallest absolute Gasteiger partial charge is 0.276 e. The van der Waals surface area contributed by atoms with Crippen LogP contribution in [0.4, 0.5) is 0 Å². The fourth-order valence-corrected chi connectivity index (χ4v) is 3.35. The van der Waals surface area contributed by atoms with Gasteiger partial charge in [-0.05, 0) is 19.8 Å². The van der Waals surface area contributed by atoms with Crippen LogP contribution in [-0.2, 0) is 11.2 Å². The lowest BCUT2D eigenvalue weighted by Crippen LogP contribution is -2.09. The summed E-state index contributed by atoms with van der Waals surface area (Å²) in [6, 6.07) is 0. The fraction of sp³-hybridized carbons (Fsp3) is 0.462. The summed E-state index contributed by atoms with van der Waals surface area (Å²) < 4.78 is 13.0. The lowest BCUT2D eigenvalue weighted by atomic mass is 10.2. The SMILES string of the molecule is Cc1nc2sccn2c1-c1nc(C[C@H]2CCCO2)no1. The molecule has 1 atom stereocenters. The van der Waals surface area contributed by atoms with Crippen molar-refractivity contribution in [3.8, 4) is 11.6 Å². The third-order valence-corrected chi connectivity index (χ3v) is 4.30. The molecule has 1 fully saturated rings. The van der Waals surface area contributed by atoms with E-state index in [4.69, 9.17) is 9.26 Å². The molecule has 4 heterocycles. The average Bonchev–Trinajstić information content (AvgIpc) is 3.14. The number of imidazole rings is 1. The van der Waals surface area contributed by atoms with Gasteiger partial charge in [-0.2, -0.15) is 4.98 Å². The van der Waals surface area contributed by atoms with Crippen molar-refractivity contribution in [2.24, 2.45) is 0 Å². The molecule has 104 valence electrons. The van der Waals surface area contributed by atoms with Crippen LogP contribution < -0.4 is 0 Å². The van der Waals surface area contributed by atoms with Crippen LogP contribution >= 0.6 is 11.3 Å². The Morgan fingerprint density at radius 2 is 2.40 bits per heavy atom. The molecule has 1 aliphatic rings. The number of fused-ring (bicyclic) bond motifs is 1. The minimum Gasteiger partial charge on any atom is -0.378 e. The summed E-state index contributed by atoms with van der Waals surface area (Å²) >= 11 is 1.59. The molecule has 0 aliphatic carbocycles. The highest BCUT2D eigenvalue weighted by Gasteiger charge is 2.22. The standard InChI is InChI=1S/C13H14N4O2S/c1-8-11(17-4-6-20-13(17)14-8)12-15-10(16-19-12)7-9-3-2-5-18-9/h4,6,9H,2-3,5,7H2,1H3/t9-/m1/s1. The first kappa shape index (κ1) is 12.0. The van der Waals surface area contributed by atoms with Gasteiger partial charge in [0.2, 0.25) is 0 Å². The molecule has 3 aromatic heterocycles. The molecule has 0 saturated carbocycles. The molecule has 0 radical (unpaired) electrons. The molecule has 0 amide bonds. The van der Waals surface area contributed by atoms with Gasteiger partial charge in [0.15, 0.2) is 10.8 Å². The highest BCUT2D eigenvalue weighted by molar-refractivity contribution is 7.15. The molecule has 7 heteroatoms. The maximum absolute atomic E-state index is 5.60. The fourth-order valence-electron chi connectivity index (χ4n) is 2.59. The van der Waals surface area contributed by atoms with E-state index in [-0.39, 0.29) is 6.10 Å². The summed E-state index contributed by atoms with van der Waals surface area (Å²) in [5.41, 5.74) is 1.79. The number of aryl methyl sites for hydroxylation is 1. The van der Waals surface area contributed by atoms with Crippen LogP contribution in [0.15, 0.2) is 16.1 Å². The maximum Gasteiger partial charge on any atom is 0.276 e. The number of hydrogen-bond donors (Lipinski definition) is 0. The van der Waals surface area contributed by atoms with Gasteiger partial charge in [0.25, 0.3) is 5.89 Å². The quantitative estimate of drug-likeness (QED) is 0.741. The molecule has 1 saturated heterocycles. The Morgan fingerprint density at radius 1 is 1.45 bits per heavy atom. The third kappa shape index (κ3) is 1.94. The summed E-state index contributed by atoms with van der Waals surface area (Å²) in [5, 5.41) is 6.06. The predicted molar refractivity (Wildman–Crippen MR) is 73.8 cm³/mol. The monoisotopic (exact) mass is 290 g/mol. The van der Waals surface area contributed by atoms with E-state index < -0.39 is 0 Å². The Kier molecular flexibility index (Phi) is 2.82. The van der Waals surface area contributed by atoms with Crippen molar-refractivity contribution < 1.29 is 9.26 Å². The molecule has 0 bridgehead atoms. The van der Waals surface area contributed by atoms with Gasteiger partial charge >= 0.3 is 0 Å². The lowest BCUT2D eigenvalue weighted by Gasteiger charge is -2.03. The van der Waals surface area contributed by atoms with Gasteiger partial charge in [-0.3, -0.25) is 4.40 Å². The van der Waals surface area contributed by atoms with Gasteiger partial charge < -0.3 is 9.26 Å². The van der Waals surface area contributed by atoms with Gasteiger partial charge in [0.05, 0.1) is 11.8 Å². The normalized spacial score (nSPS) is 19.1. The van der Waals surface area contributed by atoms with Crippen molar-refractivity contribution in [1.82, 2.24) is 19.5 Å². The summed E-state index contributed by atoms with van der Waals surface area (Å²) in [4.78, 5) is 9.92. The molecule has 0 unspecified atom stereocenters. The van der Waals surface area contributed by atoms with E-state index in [1.807, 2.05) is 22.9 Å². The van der Waals surface area contributed by atoms with E-state index in [0.717, 1.165) is 35.8 Å². The van der Waals surface area contributed by atoms with Crippen LogP contribution in [0.5, 0.6) is 0 Å². The summed E-state index contributed by atoms with van der Waals surface area (Å²) in [6.45, 7) is 2.80. The topological polar surface area (TPSA) is 65.5 Å². The first-order valence-electron chi connectivity index (χ1n) is 6.68. The van der Waals surface area contributed by atoms with Crippen LogP contribution in [0.25, 0.3) is 16.5 Å². The second kappa shape index (κ2) is 4.68. The lowest BCUT2D eigenvalue weighted by molar-refractivity contribution is 0.109. The van der Waals surface area contributed by atoms with E-state index in [1.165, 1.54) is 0 Å². The molecule has 0 aromatic carbocycles. The molecule has 4 rings (SSSR count). The largest absolute Gasteiger partial charge is 0.378 e. The number of ether oxygens (including phenoxy) is 1. The van der Waals surface area contributed by atoms with Gasteiger partial charge in [-0.15, -0.1) is 11.3 Å². The first-order valence-corrected chi connectivity index (χ1v) is 7.56. The van der Waals surface area contributed by atoms with Crippen molar-refractivity contribution in [1.29, 1.82) is 0 Å². The van der Waals surface area contributed by atoms with Crippen molar-refractivity contribution in [2.45, 2.75) is 32.3 Å². The molecule has 1 aliphatic heterocycles. The van der Waals surface area contributed by atoms with Gasteiger partial charge in [0, 0.05) is 24.6 Å². The van der Waals surface area contributed by atoms with Gasteiger partial charge in [-0.1, -0.05) is 5.16 Å². The third-order valence-electron chi connectivity index (χ3n) is 3.54. The zero-order valence-electron chi connectivity index (χ0n) is 11.1. The summed E-state index contributed by atoms with van der Waals surface area (Å²) in [5.74, 6) is 1.23. The van der Waals surface area contributed by atoms with Crippen molar-refractivity contribution >= 4 is 16.3 Å². The number of rotatable bonds is 3. The van der Waals surface area contributed by atoms with Crippen molar-refractivity contribution in [3.05, 3.63) is 23.1 Å². The van der Waals surface area contributed by atoms with E-state index in [0.29, 0.717) is 18.1 Å². The van der Waals surface area contributed by atoms with Crippen LogP contribution in [0.3, 0.4) is 0 Å². The van der Waals surface area contributed by atoms with Crippen molar-refractivity contribution in [2.75, 3.05) is 6.61 Å². The maximum atomic E-state index is 5.60. The number of nitrogens with zero attached hydrogens (tertiary/aromatic N) is 4. The molecule has 20 heavy (non-hydrogen) atoms.